The van der Waals surface area contributed by atoms with Gasteiger partial charge in [-0.15, -0.1) is 0 Å². The summed E-state index contributed by atoms with van der Waals surface area (Å²) in [6, 6.07) is 5.51. The molecule has 3 nitrogen and oxygen atoms in total. The normalized spacial score (nSPS) is 23.9. The van der Waals surface area contributed by atoms with E-state index < -0.39 is 0 Å². The largest absolute Gasteiger partial charge is 0.311 e. The van der Waals surface area contributed by atoms with Gasteiger partial charge >= 0.3 is 0 Å². The van der Waals surface area contributed by atoms with Gasteiger partial charge in [-0.25, -0.2) is 0 Å². The standard InChI is InChI=1S/C17H29N3/c1-4-7-15-12-20(16(8-5-2)11-19-15)13-17-14(3)9-6-10-18-17/h6,9-10,15-16,19H,4-5,7-8,11-13H2,1-3H3. The molecule has 20 heavy (non-hydrogen) atoms. The summed E-state index contributed by atoms with van der Waals surface area (Å²) in [5.41, 5.74) is 2.55. The minimum atomic E-state index is 0.650. The number of piperazine rings is 1. The number of pyridine rings is 1. The first-order valence-corrected chi connectivity index (χ1v) is 8.12. The molecule has 2 unspecified atom stereocenters. The number of nitrogens with one attached hydrogen (secondary N) is 1. The lowest BCUT2D eigenvalue weighted by Crippen LogP contribution is -2.56. The molecule has 0 aliphatic carbocycles. The van der Waals surface area contributed by atoms with Crippen molar-refractivity contribution in [2.75, 3.05) is 13.1 Å². The number of hydrogen-bond acceptors (Lipinski definition) is 3. The summed E-state index contributed by atoms with van der Waals surface area (Å²) in [5, 5.41) is 3.72. The minimum Gasteiger partial charge on any atom is -0.311 e. The van der Waals surface area contributed by atoms with Crippen LogP contribution in [0.5, 0.6) is 0 Å². The SMILES string of the molecule is CCCC1CN(Cc2ncccc2C)C(CCC)CN1. The minimum absolute atomic E-state index is 0.650. The van der Waals surface area contributed by atoms with Crippen molar-refractivity contribution < 1.29 is 0 Å². The molecule has 3 heteroatoms. The van der Waals surface area contributed by atoms with Crippen molar-refractivity contribution in [1.29, 1.82) is 0 Å². The molecule has 1 aromatic rings. The molecule has 0 amide bonds. The van der Waals surface area contributed by atoms with Gasteiger partial charge in [-0.3, -0.25) is 9.88 Å². The maximum Gasteiger partial charge on any atom is 0.0573 e. The number of aryl methyl sites for hydroxylation is 1. The zero-order valence-electron chi connectivity index (χ0n) is 13.2. The monoisotopic (exact) mass is 275 g/mol. The molecule has 1 fully saturated rings. The molecule has 0 spiro atoms. The first-order chi connectivity index (χ1) is 9.74. The van der Waals surface area contributed by atoms with E-state index in [0.29, 0.717) is 12.1 Å². The molecular weight excluding hydrogens is 246 g/mol. The molecule has 1 N–H and O–H groups in total. The Morgan fingerprint density at radius 1 is 1.30 bits per heavy atom. The number of hydrogen-bond donors (Lipinski definition) is 1. The Morgan fingerprint density at radius 2 is 2.10 bits per heavy atom. The molecule has 1 aliphatic rings. The fourth-order valence-electron chi connectivity index (χ4n) is 3.16. The van der Waals surface area contributed by atoms with Crippen molar-refractivity contribution in [3.05, 3.63) is 29.6 Å². The van der Waals surface area contributed by atoms with Crippen LogP contribution in [0, 0.1) is 6.92 Å². The Balaban J connectivity index is 2.05. The van der Waals surface area contributed by atoms with Gasteiger partial charge in [0.05, 0.1) is 5.69 Å². The summed E-state index contributed by atoms with van der Waals surface area (Å²) in [6.45, 7) is 10.0. The lowest BCUT2D eigenvalue weighted by Gasteiger charge is -2.40. The van der Waals surface area contributed by atoms with Gasteiger partial charge in [0.1, 0.15) is 0 Å². The lowest BCUT2D eigenvalue weighted by molar-refractivity contribution is 0.110. The highest BCUT2D eigenvalue weighted by molar-refractivity contribution is 5.17. The number of aromatic nitrogens is 1. The van der Waals surface area contributed by atoms with Crippen molar-refractivity contribution in [3.8, 4) is 0 Å². The van der Waals surface area contributed by atoms with Crippen LogP contribution in [0.3, 0.4) is 0 Å². The summed E-state index contributed by atoms with van der Waals surface area (Å²) in [5.74, 6) is 0. The van der Waals surface area contributed by atoms with Gasteiger partial charge in [-0.1, -0.05) is 32.8 Å². The molecule has 2 heterocycles. The fraction of sp³-hybridized carbons (Fsp3) is 0.706. The number of nitrogens with zero attached hydrogens (tertiary/aromatic N) is 2. The summed E-state index contributed by atoms with van der Waals surface area (Å²) in [6.07, 6.45) is 6.98. The molecule has 112 valence electrons. The van der Waals surface area contributed by atoms with E-state index >= 15 is 0 Å². The highest BCUT2D eigenvalue weighted by atomic mass is 15.2. The van der Waals surface area contributed by atoms with Gasteiger partial charge in [-0.05, 0) is 31.4 Å². The molecule has 0 bridgehead atoms. The maximum absolute atomic E-state index is 4.58. The van der Waals surface area contributed by atoms with E-state index in [0.717, 1.165) is 19.6 Å². The topological polar surface area (TPSA) is 28.2 Å². The molecule has 2 rings (SSSR count). The van der Waals surface area contributed by atoms with Gasteiger partial charge in [-0.2, -0.15) is 0 Å². The molecule has 1 saturated heterocycles. The van der Waals surface area contributed by atoms with Crippen LogP contribution in [0.2, 0.25) is 0 Å². The van der Waals surface area contributed by atoms with E-state index in [2.05, 4.69) is 42.0 Å². The third-order valence-electron chi connectivity index (χ3n) is 4.34. The molecule has 2 atom stereocenters. The highest BCUT2D eigenvalue weighted by Crippen LogP contribution is 2.18. The summed E-state index contributed by atoms with van der Waals surface area (Å²) < 4.78 is 0. The van der Waals surface area contributed by atoms with Crippen LogP contribution in [0.25, 0.3) is 0 Å². The van der Waals surface area contributed by atoms with E-state index in [1.54, 1.807) is 0 Å². The zero-order valence-corrected chi connectivity index (χ0v) is 13.2. The van der Waals surface area contributed by atoms with Crippen LogP contribution in [0.4, 0.5) is 0 Å². The van der Waals surface area contributed by atoms with Crippen molar-refractivity contribution in [2.24, 2.45) is 0 Å². The van der Waals surface area contributed by atoms with Crippen molar-refractivity contribution in [3.63, 3.8) is 0 Å². The molecule has 1 aliphatic heterocycles. The van der Waals surface area contributed by atoms with Crippen molar-refractivity contribution in [1.82, 2.24) is 15.2 Å². The molecule has 0 aromatic carbocycles. The molecule has 0 radical (unpaired) electrons. The van der Waals surface area contributed by atoms with Crippen LogP contribution in [0.15, 0.2) is 18.3 Å². The van der Waals surface area contributed by atoms with E-state index in [4.69, 9.17) is 0 Å². The summed E-state index contributed by atoms with van der Waals surface area (Å²) >= 11 is 0. The van der Waals surface area contributed by atoms with Crippen LogP contribution in [-0.2, 0) is 6.54 Å². The second-order valence-corrected chi connectivity index (χ2v) is 6.03. The van der Waals surface area contributed by atoms with Crippen molar-refractivity contribution in [2.45, 2.75) is 65.1 Å². The average Bonchev–Trinajstić information content (AvgIpc) is 2.45. The fourth-order valence-corrected chi connectivity index (χ4v) is 3.16. The van der Waals surface area contributed by atoms with Crippen molar-refractivity contribution >= 4 is 0 Å². The van der Waals surface area contributed by atoms with Gasteiger partial charge in [0.2, 0.25) is 0 Å². The third kappa shape index (κ3) is 4.03. The quantitative estimate of drug-likeness (QED) is 0.864. The van der Waals surface area contributed by atoms with Gasteiger partial charge in [0.15, 0.2) is 0 Å². The first-order valence-electron chi connectivity index (χ1n) is 8.12. The van der Waals surface area contributed by atoms with E-state index in [9.17, 15) is 0 Å². The highest BCUT2D eigenvalue weighted by Gasteiger charge is 2.27. The first kappa shape index (κ1) is 15.5. The number of rotatable bonds is 6. The van der Waals surface area contributed by atoms with E-state index in [1.807, 2.05) is 12.3 Å². The van der Waals surface area contributed by atoms with E-state index in [-0.39, 0.29) is 0 Å². The lowest BCUT2D eigenvalue weighted by atomic mass is 10.0. The predicted molar refractivity (Wildman–Crippen MR) is 84.8 cm³/mol. The Labute approximate surface area is 123 Å². The van der Waals surface area contributed by atoms with Crippen LogP contribution in [-0.4, -0.2) is 35.1 Å². The smallest absolute Gasteiger partial charge is 0.0573 e. The predicted octanol–water partition coefficient (Wildman–Crippen LogP) is 3.13. The summed E-state index contributed by atoms with van der Waals surface area (Å²) in [7, 11) is 0. The Kier molecular flexibility index (Phi) is 5.99. The molecule has 0 saturated carbocycles. The second kappa shape index (κ2) is 7.75. The van der Waals surface area contributed by atoms with Gasteiger partial charge in [0, 0.05) is 37.9 Å². The summed E-state index contributed by atoms with van der Waals surface area (Å²) in [4.78, 5) is 7.22. The van der Waals surface area contributed by atoms with Crippen LogP contribution >= 0.6 is 0 Å². The zero-order chi connectivity index (χ0) is 14.4. The Bertz CT molecular complexity index is 405. The maximum atomic E-state index is 4.58. The Hall–Kier alpha value is -0.930. The van der Waals surface area contributed by atoms with Crippen LogP contribution in [0.1, 0.15) is 50.8 Å². The molecule has 1 aromatic heterocycles. The van der Waals surface area contributed by atoms with Gasteiger partial charge in [0.25, 0.3) is 0 Å². The van der Waals surface area contributed by atoms with Gasteiger partial charge < -0.3 is 5.32 Å². The average molecular weight is 275 g/mol. The van der Waals surface area contributed by atoms with E-state index in [1.165, 1.54) is 36.9 Å². The second-order valence-electron chi connectivity index (χ2n) is 6.03. The Morgan fingerprint density at radius 3 is 2.80 bits per heavy atom. The van der Waals surface area contributed by atoms with Crippen LogP contribution < -0.4 is 5.32 Å². The third-order valence-corrected chi connectivity index (χ3v) is 4.34. The molecular formula is C17H29N3.